The number of rotatable bonds is 7. The van der Waals surface area contributed by atoms with Gasteiger partial charge >= 0.3 is 0 Å². The summed E-state index contributed by atoms with van der Waals surface area (Å²) in [5.41, 5.74) is 0. The third kappa shape index (κ3) is 6.83. The average Bonchev–Trinajstić information content (AvgIpc) is 2.71. The van der Waals surface area contributed by atoms with Gasteiger partial charge in [-0.25, -0.2) is 0 Å². The first kappa shape index (κ1) is 27.2. The van der Waals surface area contributed by atoms with E-state index in [0.717, 1.165) is 6.26 Å². The normalized spacial score (nSPS) is 28.6. The Kier molecular flexibility index (Phi) is 8.08. The lowest BCUT2D eigenvalue weighted by atomic mass is 10.1. The maximum Gasteiger partial charge on any atom is 0.264 e. The molecule has 0 amide bonds. The van der Waals surface area contributed by atoms with Crippen molar-refractivity contribution < 1.29 is 31.3 Å². The van der Waals surface area contributed by atoms with Gasteiger partial charge in [0, 0.05) is 0 Å². The Bertz CT molecular complexity index is 665. The first-order valence-corrected chi connectivity index (χ1v) is 17.8. The molecule has 29 heavy (non-hydrogen) atoms. The van der Waals surface area contributed by atoms with Gasteiger partial charge in [0.2, 0.25) is 0 Å². The van der Waals surface area contributed by atoms with Crippen molar-refractivity contribution in [1.82, 2.24) is 0 Å². The van der Waals surface area contributed by atoms with E-state index in [0.29, 0.717) is 0 Å². The van der Waals surface area contributed by atoms with Crippen LogP contribution in [0.15, 0.2) is 0 Å². The molecule has 10 heteroatoms. The minimum atomic E-state index is -3.69. The molecule has 0 aromatic carbocycles. The number of aliphatic hydroxyl groups excluding tert-OH is 1. The third-order valence-corrected chi connectivity index (χ3v) is 16.1. The van der Waals surface area contributed by atoms with Crippen molar-refractivity contribution in [3.63, 3.8) is 0 Å². The van der Waals surface area contributed by atoms with Crippen LogP contribution in [-0.2, 0) is 27.9 Å². The highest BCUT2D eigenvalue weighted by Crippen LogP contribution is 2.43. The number of hydrogen-bond donors (Lipinski definition) is 1. The minimum Gasteiger partial charge on any atom is -0.408 e. The van der Waals surface area contributed by atoms with Crippen molar-refractivity contribution in [2.45, 2.75) is 115 Å². The summed E-state index contributed by atoms with van der Waals surface area (Å²) in [5.74, 6) is 0. The van der Waals surface area contributed by atoms with E-state index < -0.39 is 57.5 Å². The van der Waals surface area contributed by atoms with E-state index in [-0.39, 0.29) is 10.1 Å². The van der Waals surface area contributed by atoms with Crippen LogP contribution in [0.1, 0.15) is 48.5 Å². The zero-order chi connectivity index (χ0) is 23.2. The van der Waals surface area contributed by atoms with Gasteiger partial charge in [-0.1, -0.05) is 41.5 Å². The lowest BCUT2D eigenvalue weighted by Crippen LogP contribution is -2.55. The Balaban J connectivity index is 3.31. The zero-order valence-electron chi connectivity index (χ0n) is 20.2. The topological polar surface area (TPSA) is 91.3 Å². The zero-order valence-corrected chi connectivity index (χ0v) is 23.0. The second kappa shape index (κ2) is 8.61. The molecule has 0 aromatic rings. The number of aliphatic hydroxyl groups is 1. The molecule has 0 aromatic heterocycles. The van der Waals surface area contributed by atoms with Crippen LogP contribution in [0.4, 0.5) is 0 Å². The quantitative estimate of drug-likeness (QED) is 0.446. The largest absolute Gasteiger partial charge is 0.408 e. The van der Waals surface area contributed by atoms with Gasteiger partial charge in [0.05, 0.1) is 6.26 Å². The van der Waals surface area contributed by atoms with E-state index in [4.69, 9.17) is 17.8 Å². The molecule has 1 aliphatic heterocycles. The van der Waals surface area contributed by atoms with Crippen LogP contribution < -0.4 is 0 Å². The summed E-state index contributed by atoms with van der Waals surface area (Å²) in [6, 6.07) is 0. The second-order valence-corrected chi connectivity index (χ2v) is 22.3. The van der Waals surface area contributed by atoms with Crippen molar-refractivity contribution in [2.24, 2.45) is 0 Å². The molecule has 0 saturated carbocycles. The molecule has 0 unspecified atom stereocenters. The first-order valence-electron chi connectivity index (χ1n) is 10.2. The van der Waals surface area contributed by atoms with Crippen LogP contribution in [0.5, 0.6) is 0 Å². The summed E-state index contributed by atoms with van der Waals surface area (Å²) in [6.07, 6.45) is -3.12. The lowest BCUT2D eigenvalue weighted by Gasteiger charge is -2.44. The molecule has 1 fully saturated rings. The van der Waals surface area contributed by atoms with Crippen LogP contribution >= 0.6 is 0 Å². The minimum absolute atomic E-state index is 0.0682. The van der Waals surface area contributed by atoms with Gasteiger partial charge in [-0.2, -0.15) is 8.42 Å². The van der Waals surface area contributed by atoms with Gasteiger partial charge < -0.3 is 18.7 Å². The van der Waals surface area contributed by atoms with Crippen LogP contribution in [-0.4, -0.2) is 67.1 Å². The summed E-state index contributed by atoms with van der Waals surface area (Å²) in [5, 5.41) is 10.6. The molecule has 1 N–H and O–H groups in total. The Morgan fingerprint density at radius 3 is 1.62 bits per heavy atom. The fourth-order valence-electron chi connectivity index (χ4n) is 2.67. The monoisotopic (exact) mass is 470 g/mol. The van der Waals surface area contributed by atoms with E-state index >= 15 is 0 Å². The summed E-state index contributed by atoms with van der Waals surface area (Å²) in [6.45, 7) is 22.8. The molecule has 0 radical (unpaired) electrons. The van der Waals surface area contributed by atoms with E-state index in [1.807, 2.05) is 0 Å². The van der Waals surface area contributed by atoms with Crippen molar-refractivity contribution in [3.05, 3.63) is 0 Å². The van der Waals surface area contributed by atoms with Crippen LogP contribution in [0.2, 0.25) is 36.3 Å². The number of ether oxygens (including phenoxy) is 1. The predicted octanol–water partition coefficient (Wildman–Crippen LogP) is 3.85. The summed E-state index contributed by atoms with van der Waals surface area (Å²) < 4.78 is 47.4. The summed E-state index contributed by atoms with van der Waals surface area (Å²) >= 11 is 0. The molecule has 174 valence electrons. The van der Waals surface area contributed by atoms with Crippen molar-refractivity contribution >= 4 is 26.8 Å². The summed E-state index contributed by atoms with van der Waals surface area (Å²) in [7, 11) is -8.21. The SMILES string of the molecule is C[C@@H](OS(C)(=O)=O)[C@H]1O[C@H](O)[C@@H](O[Si](C)(C)C(C)(C)C)[C@@H]1O[Si](C)(C)C(C)(C)C. The van der Waals surface area contributed by atoms with Gasteiger partial charge in [0.25, 0.3) is 10.1 Å². The molecule has 1 saturated heterocycles. The fourth-order valence-corrected chi connectivity index (χ4v) is 5.91. The molecule has 0 aliphatic carbocycles. The van der Waals surface area contributed by atoms with E-state index in [1.165, 1.54) is 0 Å². The first-order chi connectivity index (χ1) is 12.6. The van der Waals surface area contributed by atoms with Crippen molar-refractivity contribution in [1.29, 1.82) is 0 Å². The Morgan fingerprint density at radius 2 is 1.28 bits per heavy atom. The van der Waals surface area contributed by atoms with Gasteiger partial charge in [-0.05, 0) is 43.2 Å². The molecule has 1 aliphatic rings. The summed E-state index contributed by atoms with van der Waals surface area (Å²) in [4.78, 5) is 0. The van der Waals surface area contributed by atoms with Crippen LogP contribution in [0.3, 0.4) is 0 Å². The van der Waals surface area contributed by atoms with Gasteiger partial charge in [0.15, 0.2) is 22.9 Å². The number of hydrogen-bond acceptors (Lipinski definition) is 7. The van der Waals surface area contributed by atoms with Crippen molar-refractivity contribution in [3.8, 4) is 0 Å². The van der Waals surface area contributed by atoms with Crippen LogP contribution in [0, 0.1) is 0 Å². The Hall–Kier alpha value is 0.184. The Morgan fingerprint density at radius 1 is 0.897 bits per heavy atom. The van der Waals surface area contributed by atoms with Crippen LogP contribution in [0.25, 0.3) is 0 Å². The van der Waals surface area contributed by atoms with Gasteiger partial charge in [-0.3, -0.25) is 4.18 Å². The smallest absolute Gasteiger partial charge is 0.264 e. The molecular weight excluding hydrogens is 428 g/mol. The van der Waals surface area contributed by atoms with E-state index in [1.54, 1.807) is 6.92 Å². The fraction of sp³-hybridized carbons (Fsp3) is 1.00. The Labute approximate surface area is 179 Å². The standard InChI is InChI=1S/C19H42O7SSi2/c1-13(24-27(8,21)22)14-15(25-28(9,10)18(2,3)4)16(17(20)23-14)26-29(11,12)19(5,6)7/h13-17,20H,1-12H3/t13-,14-,15-,16+,17+/m1/s1. The predicted molar refractivity (Wildman–Crippen MR) is 120 cm³/mol. The molecule has 0 bridgehead atoms. The maximum atomic E-state index is 11.7. The molecular formula is C19H42O7SSi2. The van der Waals surface area contributed by atoms with E-state index in [2.05, 4.69) is 67.7 Å². The molecule has 5 atom stereocenters. The maximum absolute atomic E-state index is 11.7. The van der Waals surface area contributed by atoms with Crippen molar-refractivity contribution in [2.75, 3.05) is 6.26 Å². The average molecular weight is 471 g/mol. The third-order valence-electron chi connectivity index (χ3n) is 6.49. The molecule has 1 heterocycles. The highest BCUT2D eigenvalue weighted by atomic mass is 32.2. The molecule has 7 nitrogen and oxygen atoms in total. The molecule has 1 rings (SSSR count). The van der Waals surface area contributed by atoms with E-state index in [9.17, 15) is 13.5 Å². The highest BCUT2D eigenvalue weighted by Gasteiger charge is 2.55. The second-order valence-electron chi connectivity index (χ2n) is 11.2. The lowest BCUT2D eigenvalue weighted by molar-refractivity contribution is -0.138. The van der Waals surface area contributed by atoms with Gasteiger partial charge in [-0.15, -0.1) is 0 Å². The molecule has 0 spiro atoms. The highest BCUT2D eigenvalue weighted by molar-refractivity contribution is 7.86. The van der Waals surface area contributed by atoms with Gasteiger partial charge in [0.1, 0.15) is 24.4 Å².